The van der Waals surface area contributed by atoms with E-state index in [1.54, 1.807) is 0 Å². The Morgan fingerprint density at radius 3 is 3.00 bits per heavy atom. The summed E-state index contributed by atoms with van der Waals surface area (Å²) in [6.07, 6.45) is 1.37. The van der Waals surface area contributed by atoms with E-state index >= 15 is 0 Å². The molecule has 6 nitrogen and oxygen atoms in total. The minimum absolute atomic E-state index is 0.0424. The third-order valence-corrected chi connectivity index (χ3v) is 2.76. The van der Waals surface area contributed by atoms with Crippen molar-refractivity contribution in [3.8, 4) is 5.75 Å². The molecule has 100 valence electrons. The smallest absolute Gasteiger partial charge is 0.227 e. The number of halogens is 1. The van der Waals surface area contributed by atoms with Gasteiger partial charge in [0.1, 0.15) is 18.7 Å². The average Bonchev–Trinajstić information content (AvgIpc) is 2.36. The van der Waals surface area contributed by atoms with Gasteiger partial charge in [-0.3, -0.25) is 0 Å². The Bertz CT molecular complexity index is 551. The molecule has 3 N–H and O–H groups in total. The van der Waals surface area contributed by atoms with Crippen molar-refractivity contribution in [2.45, 2.75) is 13.0 Å². The van der Waals surface area contributed by atoms with Crippen molar-refractivity contribution >= 4 is 27.8 Å². The Morgan fingerprint density at radius 2 is 2.26 bits per heavy atom. The van der Waals surface area contributed by atoms with E-state index < -0.39 is 0 Å². The highest BCUT2D eigenvalue weighted by Crippen LogP contribution is 2.17. The molecule has 2 rings (SSSR count). The van der Waals surface area contributed by atoms with Gasteiger partial charge in [0.05, 0.1) is 6.04 Å². The molecular formula is C12H14BrN5O. The predicted molar refractivity (Wildman–Crippen MR) is 77.0 cm³/mol. The molecule has 0 saturated carbocycles. The fourth-order valence-corrected chi connectivity index (χ4v) is 1.80. The number of nitrogen functional groups attached to an aromatic ring is 1. The second-order valence-electron chi connectivity index (χ2n) is 3.98. The number of ether oxygens (including phenoxy) is 1. The maximum absolute atomic E-state index is 5.66. The molecule has 0 saturated heterocycles. The van der Waals surface area contributed by atoms with Crippen molar-refractivity contribution < 1.29 is 4.74 Å². The first-order valence-electron chi connectivity index (χ1n) is 5.73. The fraction of sp³-hybridized carbons (Fsp3) is 0.250. The van der Waals surface area contributed by atoms with Crippen molar-refractivity contribution in [1.82, 2.24) is 15.0 Å². The lowest BCUT2D eigenvalue weighted by atomic mass is 10.3. The molecule has 0 fully saturated rings. The maximum Gasteiger partial charge on any atom is 0.227 e. The van der Waals surface area contributed by atoms with E-state index in [1.165, 1.54) is 6.33 Å². The molecule has 7 heteroatoms. The van der Waals surface area contributed by atoms with E-state index in [9.17, 15) is 0 Å². The topological polar surface area (TPSA) is 86.0 Å². The van der Waals surface area contributed by atoms with Crippen LogP contribution in [-0.4, -0.2) is 27.6 Å². The minimum atomic E-state index is 0.0424. The van der Waals surface area contributed by atoms with E-state index in [4.69, 9.17) is 10.5 Å². The summed E-state index contributed by atoms with van der Waals surface area (Å²) in [4.78, 5) is 11.7. The number of nitrogens with zero attached hydrogens (tertiary/aromatic N) is 3. The van der Waals surface area contributed by atoms with Crippen molar-refractivity contribution in [3.05, 3.63) is 35.1 Å². The van der Waals surface area contributed by atoms with Gasteiger partial charge < -0.3 is 15.8 Å². The summed E-state index contributed by atoms with van der Waals surface area (Å²) in [5.74, 6) is 1.44. The van der Waals surface area contributed by atoms with Crippen LogP contribution in [0, 0.1) is 0 Å². The summed E-state index contributed by atoms with van der Waals surface area (Å²) in [7, 11) is 0. The molecule has 0 aliphatic rings. The van der Waals surface area contributed by atoms with E-state index in [1.807, 2.05) is 31.2 Å². The Balaban J connectivity index is 1.86. The SMILES string of the molecule is CC(COc1cccc(Br)c1)Nc1ncnc(N)n1. The number of benzene rings is 1. The second-order valence-corrected chi connectivity index (χ2v) is 4.90. The predicted octanol–water partition coefficient (Wildman–Crippen LogP) is 2.10. The van der Waals surface area contributed by atoms with Crippen molar-refractivity contribution in [3.63, 3.8) is 0 Å². The van der Waals surface area contributed by atoms with Gasteiger partial charge in [-0.2, -0.15) is 4.98 Å². The Labute approximate surface area is 119 Å². The van der Waals surface area contributed by atoms with Crippen LogP contribution in [0.3, 0.4) is 0 Å². The molecule has 2 aromatic rings. The third kappa shape index (κ3) is 4.36. The lowest BCUT2D eigenvalue weighted by Crippen LogP contribution is -2.24. The summed E-state index contributed by atoms with van der Waals surface area (Å²) in [5.41, 5.74) is 5.48. The summed E-state index contributed by atoms with van der Waals surface area (Å²) in [6.45, 7) is 2.46. The van der Waals surface area contributed by atoms with Gasteiger partial charge in [-0.15, -0.1) is 0 Å². The Hall–Kier alpha value is -1.89. The van der Waals surface area contributed by atoms with E-state index in [-0.39, 0.29) is 12.0 Å². The Kier molecular flexibility index (Phi) is 4.51. The molecule has 0 radical (unpaired) electrons. The van der Waals surface area contributed by atoms with Crippen LogP contribution in [-0.2, 0) is 0 Å². The molecule has 19 heavy (non-hydrogen) atoms. The highest BCUT2D eigenvalue weighted by molar-refractivity contribution is 9.10. The minimum Gasteiger partial charge on any atom is -0.491 e. The zero-order chi connectivity index (χ0) is 13.7. The normalized spacial score (nSPS) is 11.9. The molecule has 0 amide bonds. The van der Waals surface area contributed by atoms with Gasteiger partial charge >= 0.3 is 0 Å². The number of aromatic nitrogens is 3. The van der Waals surface area contributed by atoms with E-state index in [0.29, 0.717) is 12.6 Å². The lowest BCUT2D eigenvalue weighted by molar-refractivity contribution is 0.303. The zero-order valence-corrected chi connectivity index (χ0v) is 12.0. The first-order chi connectivity index (χ1) is 9.13. The van der Waals surface area contributed by atoms with Gasteiger partial charge in [-0.05, 0) is 25.1 Å². The van der Waals surface area contributed by atoms with Crippen molar-refractivity contribution in [2.24, 2.45) is 0 Å². The number of nitrogens with two attached hydrogens (primary N) is 1. The van der Waals surface area contributed by atoms with E-state index in [2.05, 4.69) is 36.2 Å². The molecule has 1 aromatic carbocycles. The highest BCUT2D eigenvalue weighted by atomic mass is 79.9. The van der Waals surface area contributed by atoms with Crippen LogP contribution in [0.2, 0.25) is 0 Å². The van der Waals surface area contributed by atoms with Crippen LogP contribution in [0.15, 0.2) is 35.1 Å². The molecule has 1 unspecified atom stereocenters. The van der Waals surface area contributed by atoms with Crippen molar-refractivity contribution in [2.75, 3.05) is 17.7 Å². The number of hydrogen-bond donors (Lipinski definition) is 2. The number of anilines is 2. The molecule has 1 heterocycles. The fourth-order valence-electron chi connectivity index (χ4n) is 1.42. The van der Waals surface area contributed by atoms with Crippen LogP contribution < -0.4 is 15.8 Å². The molecule has 0 spiro atoms. The van der Waals surface area contributed by atoms with E-state index in [0.717, 1.165) is 10.2 Å². The molecular weight excluding hydrogens is 310 g/mol. The second kappa shape index (κ2) is 6.33. The Morgan fingerprint density at radius 1 is 1.42 bits per heavy atom. The van der Waals surface area contributed by atoms with Gasteiger partial charge in [0.15, 0.2) is 0 Å². The zero-order valence-electron chi connectivity index (χ0n) is 10.4. The van der Waals surface area contributed by atoms with Crippen molar-refractivity contribution in [1.29, 1.82) is 0 Å². The van der Waals surface area contributed by atoms with Crippen LogP contribution in [0.1, 0.15) is 6.92 Å². The van der Waals surface area contributed by atoms with Gasteiger partial charge in [0.25, 0.3) is 0 Å². The summed E-state index contributed by atoms with van der Waals surface area (Å²) in [5, 5.41) is 3.09. The first-order valence-corrected chi connectivity index (χ1v) is 6.52. The monoisotopic (exact) mass is 323 g/mol. The van der Waals surface area contributed by atoms with Gasteiger partial charge in [-0.25, -0.2) is 9.97 Å². The average molecular weight is 324 g/mol. The first kappa shape index (κ1) is 13.5. The molecule has 0 aliphatic carbocycles. The molecule has 0 aliphatic heterocycles. The van der Waals surface area contributed by atoms with Crippen LogP contribution in [0.5, 0.6) is 5.75 Å². The van der Waals surface area contributed by atoms with Gasteiger partial charge in [0.2, 0.25) is 11.9 Å². The van der Waals surface area contributed by atoms with Gasteiger partial charge in [0, 0.05) is 4.47 Å². The number of hydrogen-bond acceptors (Lipinski definition) is 6. The third-order valence-electron chi connectivity index (χ3n) is 2.26. The summed E-state index contributed by atoms with van der Waals surface area (Å²) in [6, 6.07) is 7.72. The largest absolute Gasteiger partial charge is 0.491 e. The van der Waals surface area contributed by atoms with Crippen LogP contribution >= 0.6 is 15.9 Å². The molecule has 0 bridgehead atoms. The highest BCUT2D eigenvalue weighted by Gasteiger charge is 2.06. The summed E-state index contributed by atoms with van der Waals surface area (Å²) >= 11 is 3.39. The standard InChI is InChI=1S/C12H14BrN5O/c1-8(17-12-16-7-15-11(14)18-12)6-19-10-4-2-3-9(13)5-10/h2-5,7-8H,6H2,1H3,(H3,14,15,16,17,18). The van der Waals surface area contributed by atoms with Crippen LogP contribution in [0.25, 0.3) is 0 Å². The molecule has 1 atom stereocenters. The van der Waals surface area contributed by atoms with Crippen LogP contribution in [0.4, 0.5) is 11.9 Å². The quantitative estimate of drug-likeness (QED) is 0.876. The number of nitrogens with one attached hydrogen (secondary N) is 1. The molecule has 1 aromatic heterocycles. The maximum atomic E-state index is 5.66. The number of rotatable bonds is 5. The summed E-state index contributed by atoms with van der Waals surface area (Å²) < 4.78 is 6.64. The van der Waals surface area contributed by atoms with Gasteiger partial charge in [-0.1, -0.05) is 22.0 Å². The lowest BCUT2D eigenvalue weighted by Gasteiger charge is -2.14.